The topological polar surface area (TPSA) is 50.8 Å². The highest BCUT2D eigenvalue weighted by atomic mass is 35.5. The molecule has 22 heavy (non-hydrogen) atoms. The first-order valence-corrected chi connectivity index (χ1v) is 7.94. The van der Waals surface area contributed by atoms with Crippen molar-refractivity contribution in [1.82, 2.24) is 10.2 Å². The molecule has 0 bridgehead atoms. The predicted molar refractivity (Wildman–Crippen MR) is 86.7 cm³/mol. The van der Waals surface area contributed by atoms with Crippen molar-refractivity contribution < 1.29 is 14.3 Å². The third kappa shape index (κ3) is 4.78. The Morgan fingerprint density at radius 3 is 3.05 bits per heavy atom. The Labute approximate surface area is 136 Å². The van der Waals surface area contributed by atoms with Gasteiger partial charge >= 0.3 is 6.03 Å². The molecule has 0 unspecified atom stereocenters. The van der Waals surface area contributed by atoms with Crippen molar-refractivity contribution in [3.63, 3.8) is 0 Å². The minimum atomic E-state index is -0.116. The molecule has 1 fully saturated rings. The van der Waals surface area contributed by atoms with E-state index in [0.717, 1.165) is 25.0 Å². The summed E-state index contributed by atoms with van der Waals surface area (Å²) in [5.41, 5.74) is 0.981. The fourth-order valence-corrected chi connectivity index (χ4v) is 2.70. The first kappa shape index (κ1) is 16.9. The van der Waals surface area contributed by atoms with Crippen LogP contribution in [0, 0.1) is 6.92 Å². The van der Waals surface area contributed by atoms with Gasteiger partial charge in [-0.3, -0.25) is 0 Å². The van der Waals surface area contributed by atoms with E-state index in [2.05, 4.69) is 5.32 Å². The lowest BCUT2D eigenvalue weighted by molar-refractivity contribution is 0.0873. The molecule has 1 aromatic carbocycles. The summed E-state index contributed by atoms with van der Waals surface area (Å²) in [6.07, 6.45) is 2.26. The van der Waals surface area contributed by atoms with Crippen LogP contribution in [-0.2, 0) is 4.74 Å². The van der Waals surface area contributed by atoms with Crippen LogP contribution in [0.2, 0.25) is 5.02 Å². The molecule has 2 amide bonds. The number of likely N-dealkylation sites (N-methyl/N-ethyl adjacent to an activating group) is 1. The second-order valence-electron chi connectivity index (χ2n) is 5.48. The zero-order valence-corrected chi connectivity index (χ0v) is 13.9. The van der Waals surface area contributed by atoms with Crippen molar-refractivity contribution >= 4 is 17.6 Å². The molecule has 0 aromatic heterocycles. The van der Waals surface area contributed by atoms with Crippen molar-refractivity contribution in [1.29, 1.82) is 0 Å². The fraction of sp³-hybridized carbons (Fsp3) is 0.562. The third-order valence-corrected chi connectivity index (χ3v) is 3.93. The fourth-order valence-electron chi connectivity index (χ4n) is 2.42. The number of ether oxygens (including phenoxy) is 2. The van der Waals surface area contributed by atoms with Crippen LogP contribution in [0.1, 0.15) is 18.4 Å². The molecule has 0 radical (unpaired) electrons. The number of para-hydroxylation sites is 1. The number of nitrogens with one attached hydrogen (secondary N) is 1. The Morgan fingerprint density at radius 2 is 2.36 bits per heavy atom. The summed E-state index contributed by atoms with van der Waals surface area (Å²) in [5.74, 6) is 0.672. The summed E-state index contributed by atoms with van der Waals surface area (Å²) in [6.45, 7) is 4.17. The van der Waals surface area contributed by atoms with Gasteiger partial charge in [0.2, 0.25) is 0 Å². The number of aryl methyl sites for hydroxylation is 1. The Kier molecular flexibility index (Phi) is 6.34. The first-order chi connectivity index (χ1) is 10.6. The Morgan fingerprint density at radius 1 is 1.55 bits per heavy atom. The third-order valence-electron chi connectivity index (χ3n) is 3.64. The number of amides is 2. The molecule has 1 heterocycles. The number of carbonyl (C=O) groups is 1. The molecule has 5 nitrogen and oxygen atoms in total. The van der Waals surface area contributed by atoms with Crippen molar-refractivity contribution in [3.8, 4) is 5.75 Å². The summed E-state index contributed by atoms with van der Waals surface area (Å²) >= 11 is 6.08. The number of halogens is 1. The molecule has 1 atom stereocenters. The second kappa shape index (κ2) is 8.25. The van der Waals surface area contributed by atoms with Gasteiger partial charge in [0.15, 0.2) is 0 Å². The van der Waals surface area contributed by atoms with Crippen LogP contribution in [0.5, 0.6) is 5.75 Å². The van der Waals surface area contributed by atoms with Crippen LogP contribution >= 0.6 is 11.6 Å². The van der Waals surface area contributed by atoms with Gasteiger partial charge in [-0.15, -0.1) is 0 Å². The molecule has 6 heteroatoms. The van der Waals surface area contributed by atoms with E-state index >= 15 is 0 Å². The normalized spacial score (nSPS) is 17.3. The maximum absolute atomic E-state index is 12.0. The quantitative estimate of drug-likeness (QED) is 0.818. The number of urea groups is 1. The molecule has 0 aliphatic carbocycles. The average molecular weight is 327 g/mol. The number of rotatable bonds is 6. The molecule has 0 saturated carbocycles. The van der Waals surface area contributed by atoms with E-state index in [9.17, 15) is 4.79 Å². The summed E-state index contributed by atoms with van der Waals surface area (Å²) in [6, 6.07) is 5.49. The number of benzene rings is 1. The summed E-state index contributed by atoms with van der Waals surface area (Å²) in [5, 5.41) is 3.41. The monoisotopic (exact) mass is 326 g/mol. The zero-order chi connectivity index (χ0) is 15.9. The molecular weight excluding hydrogens is 304 g/mol. The molecular formula is C16H23ClN2O3. The Hall–Kier alpha value is -1.46. The van der Waals surface area contributed by atoms with Crippen LogP contribution in [0.4, 0.5) is 4.79 Å². The molecule has 1 aliphatic heterocycles. The maximum Gasteiger partial charge on any atom is 0.317 e. The highest BCUT2D eigenvalue weighted by Gasteiger charge is 2.19. The van der Waals surface area contributed by atoms with Crippen LogP contribution in [0.25, 0.3) is 0 Å². The molecule has 1 saturated heterocycles. The van der Waals surface area contributed by atoms with Gasteiger partial charge in [-0.25, -0.2) is 4.79 Å². The molecule has 0 spiro atoms. The van der Waals surface area contributed by atoms with E-state index in [1.807, 2.05) is 19.1 Å². The number of nitrogens with zero attached hydrogens (tertiary/aromatic N) is 1. The molecule has 1 aromatic rings. The molecule has 122 valence electrons. The van der Waals surface area contributed by atoms with Crippen molar-refractivity contribution in [2.24, 2.45) is 0 Å². The lowest BCUT2D eigenvalue weighted by atomic mass is 10.2. The van der Waals surface area contributed by atoms with Crippen LogP contribution in [-0.4, -0.2) is 50.4 Å². The van der Waals surface area contributed by atoms with Crippen LogP contribution in [0.15, 0.2) is 18.2 Å². The lowest BCUT2D eigenvalue weighted by Crippen LogP contribution is -2.42. The van der Waals surface area contributed by atoms with Gasteiger partial charge < -0.3 is 19.7 Å². The average Bonchev–Trinajstić information content (AvgIpc) is 2.98. The van der Waals surface area contributed by atoms with Crippen LogP contribution in [0.3, 0.4) is 0 Å². The minimum Gasteiger partial charge on any atom is -0.490 e. The first-order valence-electron chi connectivity index (χ1n) is 7.56. The van der Waals surface area contributed by atoms with Crippen molar-refractivity contribution in [2.45, 2.75) is 25.9 Å². The van der Waals surface area contributed by atoms with Crippen molar-refractivity contribution in [3.05, 3.63) is 28.8 Å². The van der Waals surface area contributed by atoms with Gasteiger partial charge in [0.25, 0.3) is 0 Å². The Bertz CT molecular complexity index is 484. The second-order valence-corrected chi connectivity index (χ2v) is 5.89. The summed E-state index contributed by atoms with van der Waals surface area (Å²) in [7, 11) is 1.77. The largest absolute Gasteiger partial charge is 0.490 e. The Balaban J connectivity index is 1.68. The van der Waals surface area contributed by atoms with E-state index in [1.165, 1.54) is 0 Å². The van der Waals surface area contributed by atoms with Gasteiger partial charge in [-0.1, -0.05) is 23.7 Å². The lowest BCUT2D eigenvalue weighted by Gasteiger charge is -2.21. The molecule has 2 rings (SSSR count). The number of hydrogen-bond donors (Lipinski definition) is 1. The summed E-state index contributed by atoms with van der Waals surface area (Å²) in [4.78, 5) is 13.6. The SMILES string of the molecule is Cc1cccc(Cl)c1OCCNC(=O)N(C)C[C@H]1CCCO1. The van der Waals surface area contributed by atoms with E-state index in [4.69, 9.17) is 21.1 Å². The van der Waals surface area contributed by atoms with E-state index < -0.39 is 0 Å². The summed E-state index contributed by atoms with van der Waals surface area (Å²) < 4.78 is 11.2. The molecule has 1 aliphatic rings. The highest BCUT2D eigenvalue weighted by Crippen LogP contribution is 2.27. The van der Waals surface area contributed by atoms with Crippen LogP contribution < -0.4 is 10.1 Å². The van der Waals surface area contributed by atoms with E-state index in [0.29, 0.717) is 30.5 Å². The molecule has 1 N–H and O–H groups in total. The van der Waals surface area contributed by atoms with Gasteiger partial charge in [-0.2, -0.15) is 0 Å². The highest BCUT2D eigenvalue weighted by molar-refractivity contribution is 6.32. The number of carbonyl (C=O) groups excluding carboxylic acids is 1. The van der Waals surface area contributed by atoms with E-state index in [1.54, 1.807) is 18.0 Å². The predicted octanol–water partition coefficient (Wildman–Crippen LogP) is 2.85. The van der Waals surface area contributed by atoms with Gasteiger partial charge in [-0.05, 0) is 31.4 Å². The van der Waals surface area contributed by atoms with Gasteiger partial charge in [0, 0.05) is 20.2 Å². The maximum atomic E-state index is 12.0. The minimum absolute atomic E-state index is 0.116. The zero-order valence-electron chi connectivity index (χ0n) is 13.1. The van der Waals surface area contributed by atoms with Gasteiger partial charge in [0.05, 0.1) is 17.7 Å². The van der Waals surface area contributed by atoms with Gasteiger partial charge in [0.1, 0.15) is 12.4 Å². The number of hydrogen-bond acceptors (Lipinski definition) is 3. The van der Waals surface area contributed by atoms with E-state index in [-0.39, 0.29) is 12.1 Å². The van der Waals surface area contributed by atoms with Crippen molar-refractivity contribution in [2.75, 3.05) is 33.4 Å². The smallest absolute Gasteiger partial charge is 0.317 e. The standard InChI is InChI=1S/C16H23ClN2O3/c1-12-5-3-7-14(17)15(12)22-10-8-18-16(20)19(2)11-13-6-4-9-21-13/h3,5,7,13H,4,6,8-11H2,1-2H3,(H,18,20)/t13-/m1/s1.